The average Bonchev–Trinajstić information content (AvgIpc) is 2.53. The number of aromatic hydroxyl groups is 1. The zero-order valence-electron chi connectivity index (χ0n) is 13.7. The van der Waals surface area contributed by atoms with Crippen LogP contribution in [0.15, 0.2) is 41.2 Å². The Labute approximate surface area is 136 Å². The summed E-state index contributed by atoms with van der Waals surface area (Å²) in [5, 5.41) is 19.5. The molecule has 0 saturated carbocycles. The molecule has 23 heavy (non-hydrogen) atoms. The summed E-state index contributed by atoms with van der Waals surface area (Å²) in [5.41, 5.74) is 2.19. The highest BCUT2D eigenvalue weighted by Gasteiger charge is 2.16. The van der Waals surface area contributed by atoms with Crippen molar-refractivity contribution in [2.75, 3.05) is 13.2 Å². The van der Waals surface area contributed by atoms with Crippen LogP contribution >= 0.6 is 0 Å². The van der Waals surface area contributed by atoms with E-state index in [2.05, 4.69) is 0 Å². The second kappa shape index (κ2) is 7.94. The first-order valence-corrected chi connectivity index (χ1v) is 7.86. The van der Waals surface area contributed by atoms with Gasteiger partial charge in [0.05, 0.1) is 12.3 Å². The van der Waals surface area contributed by atoms with E-state index < -0.39 is 0 Å². The summed E-state index contributed by atoms with van der Waals surface area (Å²) in [6.07, 6.45) is 0. The molecule has 2 aromatic rings. The van der Waals surface area contributed by atoms with E-state index in [-0.39, 0.29) is 17.8 Å². The number of hydrogen-bond donors (Lipinski definition) is 2. The summed E-state index contributed by atoms with van der Waals surface area (Å²) in [4.78, 5) is 13.9. The monoisotopic (exact) mass is 316 g/mol. The van der Waals surface area contributed by atoms with Crippen LogP contribution in [0.2, 0.25) is 0 Å². The first-order chi connectivity index (χ1) is 11.1. The van der Waals surface area contributed by atoms with Gasteiger partial charge in [-0.3, -0.25) is 9.69 Å². The zero-order chi connectivity index (χ0) is 16.8. The molecule has 0 spiro atoms. The summed E-state index contributed by atoms with van der Waals surface area (Å²) in [6, 6.07) is 11.4. The molecule has 0 aliphatic carbocycles. The van der Waals surface area contributed by atoms with Crippen LogP contribution < -0.4 is 5.43 Å². The third-order valence-corrected chi connectivity index (χ3v) is 3.95. The van der Waals surface area contributed by atoms with Gasteiger partial charge in [-0.15, -0.1) is 0 Å². The van der Waals surface area contributed by atoms with Gasteiger partial charge in [0.2, 0.25) is 5.43 Å². The molecule has 0 bridgehead atoms. The van der Waals surface area contributed by atoms with Gasteiger partial charge in [0.15, 0.2) is 5.75 Å². The lowest BCUT2D eigenvalue weighted by atomic mass is 10.2. The lowest BCUT2D eigenvalue weighted by molar-refractivity contribution is 0.179. The number of rotatable bonds is 7. The Balaban J connectivity index is 2.31. The number of aliphatic hydroxyl groups excluding tert-OH is 1. The molecule has 5 heteroatoms. The van der Waals surface area contributed by atoms with Crippen molar-refractivity contribution < 1.29 is 10.2 Å². The summed E-state index contributed by atoms with van der Waals surface area (Å²) >= 11 is 0. The molecule has 0 radical (unpaired) electrons. The van der Waals surface area contributed by atoms with Crippen molar-refractivity contribution in [2.24, 2.45) is 0 Å². The minimum Gasteiger partial charge on any atom is -0.503 e. The van der Waals surface area contributed by atoms with Crippen LogP contribution in [0.3, 0.4) is 0 Å². The molecule has 1 aromatic heterocycles. The van der Waals surface area contributed by atoms with Crippen LogP contribution in [-0.2, 0) is 19.6 Å². The van der Waals surface area contributed by atoms with Gasteiger partial charge in [-0.1, -0.05) is 30.3 Å². The predicted molar refractivity (Wildman–Crippen MR) is 90.4 cm³/mol. The van der Waals surface area contributed by atoms with Crippen LogP contribution in [0, 0.1) is 6.92 Å². The number of aromatic nitrogens is 1. The summed E-state index contributed by atoms with van der Waals surface area (Å²) < 4.78 is 1.94. The molecular formula is C18H24N2O3. The number of nitrogens with zero attached hydrogens (tertiary/aromatic N) is 2. The predicted octanol–water partition coefficient (Wildman–Crippen LogP) is 1.88. The Morgan fingerprint density at radius 2 is 1.87 bits per heavy atom. The Bertz CT molecular complexity index is 695. The smallest absolute Gasteiger partial charge is 0.223 e. The third kappa shape index (κ3) is 4.21. The molecule has 5 nitrogen and oxygen atoms in total. The molecule has 2 N–H and O–H groups in total. The zero-order valence-corrected chi connectivity index (χ0v) is 13.7. The Morgan fingerprint density at radius 3 is 2.48 bits per heavy atom. The van der Waals surface area contributed by atoms with E-state index in [1.165, 1.54) is 6.07 Å². The molecule has 0 amide bonds. The molecule has 0 aliphatic rings. The second-order valence-corrected chi connectivity index (χ2v) is 5.61. The lowest BCUT2D eigenvalue weighted by Crippen LogP contribution is -2.29. The Morgan fingerprint density at radius 1 is 1.17 bits per heavy atom. The van der Waals surface area contributed by atoms with Crippen molar-refractivity contribution in [3.05, 3.63) is 63.6 Å². The number of aliphatic hydroxyl groups is 1. The van der Waals surface area contributed by atoms with Gasteiger partial charge >= 0.3 is 0 Å². The van der Waals surface area contributed by atoms with Crippen LogP contribution in [0.4, 0.5) is 0 Å². The van der Waals surface area contributed by atoms with Crippen molar-refractivity contribution in [1.82, 2.24) is 9.47 Å². The summed E-state index contributed by atoms with van der Waals surface area (Å²) in [6.45, 7) is 6.07. The lowest BCUT2D eigenvalue weighted by Gasteiger charge is -2.25. The molecule has 0 atom stereocenters. The fourth-order valence-electron chi connectivity index (χ4n) is 2.83. The topological polar surface area (TPSA) is 65.7 Å². The summed E-state index contributed by atoms with van der Waals surface area (Å²) in [7, 11) is 0. The van der Waals surface area contributed by atoms with Crippen LogP contribution in [-0.4, -0.2) is 32.8 Å². The fourth-order valence-corrected chi connectivity index (χ4v) is 2.83. The third-order valence-electron chi connectivity index (χ3n) is 3.95. The normalized spacial score (nSPS) is 11.1. The minimum absolute atomic E-state index is 0.0236. The average molecular weight is 316 g/mol. The van der Waals surface area contributed by atoms with Gasteiger partial charge in [0.1, 0.15) is 0 Å². The SMILES string of the molecule is CCn1c(C)cc(=O)c(O)c1CN(CCO)Cc1ccccc1. The van der Waals surface area contributed by atoms with E-state index in [0.29, 0.717) is 31.9 Å². The van der Waals surface area contributed by atoms with Gasteiger partial charge in [-0.25, -0.2) is 0 Å². The van der Waals surface area contributed by atoms with Crippen molar-refractivity contribution >= 4 is 0 Å². The highest BCUT2D eigenvalue weighted by molar-refractivity contribution is 5.30. The number of hydrogen-bond acceptors (Lipinski definition) is 4. The molecule has 124 valence electrons. The highest BCUT2D eigenvalue weighted by Crippen LogP contribution is 2.18. The van der Waals surface area contributed by atoms with Crippen LogP contribution in [0.25, 0.3) is 0 Å². The molecule has 2 rings (SSSR count). The van der Waals surface area contributed by atoms with E-state index >= 15 is 0 Å². The van der Waals surface area contributed by atoms with E-state index in [1.54, 1.807) is 0 Å². The van der Waals surface area contributed by atoms with Gasteiger partial charge in [-0.05, 0) is 19.4 Å². The number of pyridine rings is 1. The second-order valence-electron chi connectivity index (χ2n) is 5.61. The van der Waals surface area contributed by atoms with Crippen LogP contribution in [0.5, 0.6) is 5.75 Å². The molecule has 0 fully saturated rings. The number of benzene rings is 1. The molecule has 1 aromatic carbocycles. The highest BCUT2D eigenvalue weighted by atomic mass is 16.3. The largest absolute Gasteiger partial charge is 0.503 e. The van der Waals surface area contributed by atoms with Gasteiger partial charge in [-0.2, -0.15) is 0 Å². The fraction of sp³-hybridized carbons (Fsp3) is 0.389. The first-order valence-electron chi connectivity index (χ1n) is 7.86. The molecule has 1 heterocycles. The number of aryl methyl sites for hydroxylation is 1. The Kier molecular flexibility index (Phi) is 5.96. The van der Waals surface area contributed by atoms with Gasteiger partial charge in [0, 0.05) is 37.9 Å². The van der Waals surface area contributed by atoms with Crippen molar-refractivity contribution in [3.63, 3.8) is 0 Å². The Hall–Kier alpha value is -2.11. The molecule has 0 unspecified atom stereocenters. The van der Waals surface area contributed by atoms with E-state index in [4.69, 9.17) is 0 Å². The van der Waals surface area contributed by atoms with E-state index in [9.17, 15) is 15.0 Å². The van der Waals surface area contributed by atoms with Crippen molar-refractivity contribution in [3.8, 4) is 5.75 Å². The molecular weight excluding hydrogens is 292 g/mol. The molecule has 0 aliphatic heterocycles. The van der Waals surface area contributed by atoms with Gasteiger partial charge < -0.3 is 14.8 Å². The van der Waals surface area contributed by atoms with Gasteiger partial charge in [0.25, 0.3) is 0 Å². The van der Waals surface area contributed by atoms with E-state index in [1.807, 2.05) is 53.6 Å². The van der Waals surface area contributed by atoms with Crippen molar-refractivity contribution in [1.29, 1.82) is 0 Å². The molecule has 0 saturated heterocycles. The maximum atomic E-state index is 11.9. The van der Waals surface area contributed by atoms with Crippen molar-refractivity contribution in [2.45, 2.75) is 33.5 Å². The summed E-state index contributed by atoms with van der Waals surface area (Å²) in [5.74, 6) is -0.201. The van der Waals surface area contributed by atoms with E-state index in [0.717, 1.165) is 11.3 Å². The minimum atomic E-state index is -0.356. The first kappa shape index (κ1) is 17.2. The maximum Gasteiger partial charge on any atom is 0.223 e. The maximum absolute atomic E-state index is 11.9. The quantitative estimate of drug-likeness (QED) is 0.818. The van der Waals surface area contributed by atoms with Crippen LogP contribution in [0.1, 0.15) is 23.9 Å². The standard InChI is InChI=1S/C18H24N2O3/c1-3-20-14(2)11-17(22)18(23)16(20)13-19(9-10-21)12-15-7-5-4-6-8-15/h4-8,11,21,23H,3,9-10,12-13H2,1-2H3.